The van der Waals surface area contributed by atoms with Crippen molar-refractivity contribution in [2.45, 2.75) is 51.0 Å². The van der Waals surface area contributed by atoms with Crippen LogP contribution in [-0.2, 0) is 16.2 Å². The summed E-state index contributed by atoms with van der Waals surface area (Å²) in [4.78, 5) is 25.8. The summed E-state index contributed by atoms with van der Waals surface area (Å²) in [6, 6.07) is 13.0. The zero-order chi connectivity index (χ0) is 22.2. The zero-order valence-corrected chi connectivity index (χ0v) is 19.1. The molecule has 0 saturated heterocycles. The smallest absolute Gasteiger partial charge is 0.161 e. The number of carbonyl (C=O) groups is 2. The molecule has 2 aliphatic carbocycles. The normalized spacial score (nSPS) is 18.9. The highest BCUT2D eigenvalue weighted by molar-refractivity contribution is 6.35. The van der Waals surface area contributed by atoms with Crippen molar-refractivity contribution in [2.75, 3.05) is 0 Å². The number of Topliss-reactive ketones (excluding diaryl/α,β-unsaturated/α-hetero) is 2. The van der Waals surface area contributed by atoms with Crippen LogP contribution in [0.25, 0.3) is 0 Å². The minimum Gasteiger partial charge on any atom is -0.489 e. The average molecular weight is 468 g/mol. The highest BCUT2D eigenvalue weighted by Crippen LogP contribution is 2.45. The van der Waals surface area contributed by atoms with Crippen LogP contribution >= 0.6 is 23.2 Å². The van der Waals surface area contributed by atoms with E-state index in [2.05, 4.69) is 5.32 Å². The number of carbonyl (C=O) groups excluding carboxylic acids is 2. The molecule has 0 saturated carbocycles. The van der Waals surface area contributed by atoms with Gasteiger partial charge >= 0.3 is 0 Å². The Hall–Kier alpha value is -2.56. The molecule has 2 aromatic rings. The van der Waals surface area contributed by atoms with Gasteiger partial charge in [0.15, 0.2) is 11.6 Å². The SMILES string of the molecule is O=C1CCCC2=C1C(c1ccc(OCc3c(Cl)cccc3Cl)cc1)C1=C(CCCC1=O)N2. The van der Waals surface area contributed by atoms with Crippen LogP contribution in [0.4, 0.5) is 0 Å². The minimum atomic E-state index is -0.297. The molecular weight excluding hydrogens is 445 g/mol. The topological polar surface area (TPSA) is 55.4 Å². The molecule has 4 nitrogen and oxygen atoms in total. The molecule has 6 heteroatoms. The molecule has 0 unspecified atom stereocenters. The highest BCUT2D eigenvalue weighted by Gasteiger charge is 2.40. The van der Waals surface area contributed by atoms with Crippen LogP contribution < -0.4 is 10.1 Å². The zero-order valence-electron chi connectivity index (χ0n) is 17.5. The van der Waals surface area contributed by atoms with Crippen molar-refractivity contribution in [3.8, 4) is 5.75 Å². The number of allylic oxidation sites excluding steroid dienone is 4. The largest absolute Gasteiger partial charge is 0.489 e. The van der Waals surface area contributed by atoms with E-state index < -0.39 is 0 Å². The Morgan fingerprint density at radius 1 is 0.812 bits per heavy atom. The van der Waals surface area contributed by atoms with Crippen molar-refractivity contribution in [3.63, 3.8) is 0 Å². The minimum absolute atomic E-state index is 0.141. The fraction of sp³-hybridized carbons (Fsp3) is 0.308. The van der Waals surface area contributed by atoms with E-state index in [1.54, 1.807) is 18.2 Å². The summed E-state index contributed by atoms with van der Waals surface area (Å²) in [5.41, 5.74) is 5.20. The molecule has 164 valence electrons. The van der Waals surface area contributed by atoms with Gasteiger partial charge in [0.05, 0.1) is 0 Å². The Morgan fingerprint density at radius 3 is 1.94 bits per heavy atom. The van der Waals surface area contributed by atoms with E-state index >= 15 is 0 Å². The first kappa shape index (κ1) is 21.3. The number of halogens is 2. The van der Waals surface area contributed by atoms with Crippen molar-refractivity contribution in [2.24, 2.45) is 0 Å². The van der Waals surface area contributed by atoms with E-state index in [-0.39, 0.29) is 24.1 Å². The van der Waals surface area contributed by atoms with Gasteiger partial charge in [0.2, 0.25) is 0 Å². The Kier molecular flexibility index (Phi) is 5.83. The first-order valence-electron chi connectivity index (χ1n) is 11.0. The van der Waals surface area contributed by atoms with Gasteiger partial charge in [-0.2, -0.15) is 0 Å². The van der Waals surface area contributed by atoms with Gasteiger partial charge in [0.25, 0.3) is 0 Å². The lowest BCUT2D eigenvalue weighted by Crippen LogP contribution is -2.36. The molecule has 0 spiro atoms. The second-order valence-corrected chi connectivity index (χ2v) is 9.27. The monoisotopic (exact) mass is 467 g/mol. The fourth-order valence-corrected chi connectivity index (χ4v) is 5.41. The van der Waals surface area contributed by atoms with E-state index in [1.807, 2.05) is 24.3 Å². The van der Waals surface area contributed by atoms with Gasteiger partial charge < -0.3 is 10.1 Å². The molecule has 2 aromatic carbocycles. The lowest BCUT2D eigenvalue weighted by molar-refractivity contribution is -0.116. The summed E-state index contributed by atoms with van der Waals surface area (Å²) >= 11 is 12.5. The number of dihydropyridines is 1. The predicted octanol–water partition coefficient (Wildman–Crippen LogP) is 6.27. The maximum absolute atomic E-state index is 12.9. The average Bonchev–Trinajstić information content (AvgIpc) is 2.78. The first-order chi connectivity index (χ1) is 15.5. The van der Waals surface area contributed by atoms with Crippen LogP contribution in [0.5, 0.6) is 5.75 Å². The summed E-state index contributed by atoms with van der Waals surface area (Å²) in [5, 5.41) is 4.57. The molecule has 3 aliphatic rings. The maximum atomic E-state index is 12.9. The molecule has 1 N–H and O–H groups in total. The Balaban J connectivity index is 1.45. The molecule has 1 heterocycles. The summed E-state index contributed by atoms with van der Waals surface area (Å²) in [6.07, 6.45) is 4.47. The molecular formula is C26H23Cl2NO3. The molecule has 32 heavy (non-hydrogen) atoms. The molecule has 0 amide bonds. The molecule has 0 bridgehead atoms. The lowest BCUT2D eigenvalue weighted by Gasteiger charge is -2.37. The van der Waals surface area contributed by atoms with Gasteiger partial charge in [-0.15, -0.1) is 0 Å². The third-order valence-electron chi connectivity index (χ3n) is 6.45. The Morgan fingerprint density at radius 2 is 1.38 bits per heavy atom. The van der Waals surface area contributed by atoms with Crippen molar-refractivity contribution in [3.05, 3.63) is 86.2 Å². The van der Waals surface area contributed by atoms with Crippen LogP contribution in [-0.4, -0.2) is 11.6 Å². The second-order valence-electron chi connectivity index (χ2n) is 8.45. The van der Waals surface area contributed by atoms with E-state index in [4.69, 9.17) is 27.9 Å². The molecule has 1 aliphatic heterocycles. The van der Waals surface area contributed by atoms with Crippen LogP contribution in [0.15, 0.2) is 65.0 Å². The number of hydrogen-bond acceptors (Lipinski definition) is 4. The first-order valence-corrected chi connectivity index (χ1v) is 11.7. The molecule has 0 aromatic heterocycles. The molecule has 5 rings (SSSR count). The lowest BCUT2D eigenvalue weighted by atomic mass is 9.71. The van der Waals surface area contributed by atoms with E-state index in [0.29, 0.717) is 28.6 Å². The van der Waals surface area contributed by atoms with Crippen LogP contribution in [0.3, 0.4) is 0 Å². The predicted molar refractivity (Wildman–Crippen MR) is 125 cm³/mol. The van der Waals surface area contributed by atoms with E-state index in [1.165, 1.54) is 0 Å². The second kappa shape index (κ2) is 8.76. The summed E-state index contributed by atoms with van der Waals surface area (Å²) in [5.74, 6) is 0.658. The van der Waals surface area contributed by atoms with Gasteiger partial charge in [-0.25, -0.2) is 0 Å². The Labute approximate surface area is 197 Å². The van der Waals surface area contributed by atoms with Crippen molar-refractivity contribution >= 4 is 34.8 Å². The molecule has 0 atom stereocenters. The van der Waals surface area contributed by atoms with Gasteiger partial charge in [-0.3, -0.25) is 9.59 Å². The van der Waals surface area contributed by atoms with Crippen LogP contribution in [0.1, 0.15) is 55.6 Å². The number of hydrogen-bond donors (Lipinski definition) is 1. The van der Waals surface area contributed by atoms with Crippen LogP contribution in [0, 0.1) is 0 Å². The van der Waals surface area contributed by atoms with Gasteiger partial charge in [-0.05, 0) is 55.5 Å². The van der Waals surface area contributed by atoms with Crippen molar-refractivity contribution in [1.82, 2.24) is 5.32 Å². The van der Waals surface area contributed by atoms with Gasteiger partial charge in [-0.1, -0.05) is 41.4 Å². The van der Waals surface area contributed by atoms with Gasteiger partial charge in [0, 0.05) is 56.9 Å². The summed E-state index contributed by atoms with van der Waals surface area (Å²) in [7, 11) is 0. The quantitative estimate of drug-likeness (QED) is 0.575. The molecule has 0 fully saturated rings. The number of rotatable bonds is 4. The standard InChI is InChI=1S/C26H23Cl2NO3/c27-18-4-1-5-19(28)17(18)14-32-16-12-10-15(11-13-16)24-25-20(6-2-8-22(25)30)29-21-7-3-9-23(31)26(21)24/h1,4-5,10-13,24,29H,2-3,6-9,14H2. The fourth-order valence-electron chi connectivity index (χ4n) is 4.90. The van der Waals surface area contributed by atoms with Crippen LogP contribution in [0.2, 0.25) is 10.0 Å². The number of ketones is 2. The van der Waals surface area contributed by atoms with E-state index in [0.717, 1.165) is 59.4 Å². The number of benzene rings is 2. The maximum Gasteiger partial charge on any atom is 0.161 e. The number of ether oxygens (including phenoxy) is 1. The number of nitrogens with one attached hydrogen (secondary N) is 1. The van der Waals surface area contributed by atoms with Gasteiger partial charge in [0.1, 0.15) is 12.4 Å². The van der Waals surface area contributed by atoms with Crippen molar-refractivity contribution in [1.29, 1.82) is 0 Å². The highest BCUT2D eigenvalue weighted by atomic mass is 35.5. The third-order valence-corrected chi connectivity index (χ3v) is 7.16. The third kappa shape index (κ3) is 3.87. The molecule has 0 radical (unpaired) electrons. The summed E-state index contributed by atoms with van der Waals surface area (Å²) in [6.45, 7) is 0.257. The van der Waals surface area contributed by atoms with Crippen molar-refractivity contribution < 1.29 is 14.3 Å². The Bertz CT molecular complexity index is 1100. The van der Waals surface area contributed by atoms with E-state index in [9.17, 15) is 9.59 Å². The summed E-state index contributed by atoms with van der Waals surface area (Å²) < 4.78 is 5.91.